The first kappa shape index (κ1) is 13.7. The molecular formula is C14H20FNO. The average molecular weight is 237 g/mol. The average Bonchev–Trinajstić information content (AvgIpc) is 2.31. The van der Waals surface area contributed by atoms with Crippen molar-refractivity contribution in [2.45, 2.75) is 33.7 Å². The lowest BCUT2D eigenvalue weighted by molar-refractivity contribution is -0.139. The lowest BCUT2D eigenvalue weighted by Gasteiger charge is -2.28. The van der Waals surface area contributed by atoms with Crippen LogP contribution in [0.2, 0.25) is 0 Å². The fourth-order valence-electron chi connectivity index (χ4n) is 1.60. The van der Waals surface area contributed by atoms with Crippen LogP contribution in [-0.2, 0) is 11.3 Å². The third kappa shape index (κ3) is 3.55. The van der Waals surface area contributed by atoms with E-state index in [1.54, 1.807) is 24.1 Å². The van der Waals surface area contributed by atoms with Crippen LogP contribution in [-0.4, -0.2) is 17.9 Å². The van der Waals surface area contributed by atoms with E-state index in [0.29, 0.717) is 6.54 Å². The van der Waals surface area contributed by atoms with Gasteiger partial charge in [-0.25, -0.2) is 4.39 Å². The first-order chi connectivity index (χ1) is 7.86. The summed E-state index contributed by atoms with van der Waals surface area (Å²) in [6, 6.07) is 6.24. The molecule has 17 heavy (non-hydrogen) atoms. The molecule has 0 aliphatic carbocycles. The van der Waals surface area contributed by atoms with Gasteiger partial charge >= 0.3 is 0 Å². The summed E-state index contributed by atoms with van der Waals surface area (Å²) in [5.41, 5.74) is 0.601. The Balaban J connectivity index is 2.69. The number of nitrogens with zero attached hydrogens (tertiary/aromatic N) is 1. The van der Waals surface area contributed by atoms with Gasteiger partial charge in [0.25, 0.3) is 0 Å². The molecule has 1 aromatic rings. The number of carbonyl (C=O) groups excluding carboxylic acids is 1. The summed E-state index contributed by atoms with van der Waals surface area (Å²) >= 11 is 0. The van der Waals surface area contributed by atoms with Crippen molar-refractivity contribution < 1.29 is 9.18 Å². The van der Waals surface area contributed by atoms with Gasteiger partial charge < -0.3 is 4.90 Å². The highest BCUT2D eigenvalue weighted by molar-refractivity contribution is 5.81. The van der Waals surface area contributed by atoms with Gasteiger partial charge in [0.1, 0.15) is 5.82 Å². The molecule has 0 saturated carbocycles. The number of halogens is 1. The van der Waals surface area contributed by atoms with Gasteiger partial charge in [-0.3, -0.25) is 4.79 Å². The molecule has 3 heteroatoms. The van der Waals surface area contributed by atoms with Gasteiger partial charge in [-0.1, -0.05) is 32.9 Å². The maximum atomic E-state index is 12.7. The monoisotopic (exact) mass is 237 g/mol. The molecule has 1 aromatic carbocycles. The molecule has 0 N–H and O–H groups in total. The Labute approximate surface area is 102 Å². The standard InChI is InChI=1S/C14H20FNO/c1-5-14(2,3)13(17)16(4)10-11-6-8-12(15)9-7-11/h6-9H,5,10H2,1-4H3. The third-order valence-electron chi connectivity index (χ3n) is 3.14. The number of benzene rings is 1. The largest absolute Gasteiger partial charge is 0.341 e. The predicted molar refractivity (Wildman–Crippen MR) is 66.9 cm³/mol. The van der Waals surface area contributed by atoms with Gasteiger partial charge in [-0.15, -0.1) is 0 Å². The summed E-state index contributed by atoms with van der Waals surface area (Å²) in [6.07, 6.45) is 0.805. The van der Waals surface area contributed by atoms with Crippen LogP contribution >= 0.6 is 0 Å². The van der Waals surface area contributed by atoms with Gasteiger partial charge in [-0.2, -0.15) is 0 Å². The van der Waals surface area contributed by atoms with Crippen LogP contribution in [0, 0.1) is 11.2 Å². The Bertz CT molecular complexity index is 384. The van der Waals surface area contributed by atoms with Crippen LogP contribution < -0.4 is 0 Å². The van der Waals surface area contributed by atoms with E-state index in [9.17, 15) is 9.18 Å². The normalized spacial score (nSPS) is 11.4. The van der Waals surface area contributed by atoms with Gasteiger partial charge in [0.2, 0.25) is 5.91 Å². The molecule has 0 bridgehead atoms. The molecule has 1 amide bonds. The molecule has 1 rings (SSSR count). The van der Waals surface area contributed by atoms with E-state index in [0.717, 1.165) is 12.0 Å². The van der Waals surface area contributed by atoms with Crippen LogP contribution in [0.1, 0.15) is 32.8 Å². The Morgan fingerprint density at radius 1 is 1.29 bits per heavy atom. The third-order valence-corrected chi connectivity index (χ3v) is 3.14. The minimum atomic E-state index is -0.339. The van der Waals surface area contributed by atoms with Crippen molar-refractivity contribution in [3.8, 4) is 0 Å². The van der Waals surface area contributed by atoms with Gasteiger partial charge in [-0.05, 0) is 24.1 Å². The topological polar surface area (TPSA) is 20.3 Å². The maximum absolute atomic E-state index is 12.7. The van der Waals surface area contributed by atoms with E-state index in [1.165, 1.54) is 12.1 Å². The lowest BCUT2D eigenvalue weighted by atomic mass is 9.88. The van der Waals surface area contributed by atoms with Crippen molar-refractivity contribution in [3.63, 3.8) is 0 Å². The van der Waals surface area contributed by atoms with E-state index in [2.05, 4.69) is 0 Å². The van der Waals surface area contributed by atoms with E-state index in [4.69, 9.17) is 0 Å². The van der Waals surface area contributed by atoms with Crippen molar-refractivity contribution in [2.24, 2.45) is 5.41 Å². The molecule has 0 saturated heterocycles. The maximum Gasteiger partial charge on any atom is 0.228 e. The summed E-state index contributed by atoms with van der Waals surface area (Å²) in [5.74, 6) is -0.138. The number of rotatable bonds is 4. The number of hydrogen-bond donors (Lipinski definition) is 0. The molecular weight excluding hydrogens is 217 g/mol. The molecule has 0 spiro atoms. The van der Waals surface area contributed by atoms with Crippen molar-refractivity contribution in [2.75, 3.05) is 7.05 Å². The second-order valence-electron chi connectivity index (χ2n) is 5.03. The Hall–Kier alpha value is -1.38. The minimum absolute atomic E-state index is 0.115. The van der Waals surface area contributed by atoms with Crippen molar-refractivity contribution in [1.82, 2.24) is 4.90 Å². The highest BCUT2D eigenvalue weighted by Crippen LogP contribution is 2.23. The van der Waals surface area contributed by atoms with Gasteiger partial charge in [0, 0.05) is 19.0 Å². The molecule has 0 fully saturated rings. The fourth-order valence-corrected chi connectivity index (χ4v) is 1.60. The Morgan fingerprint density at radius 2 is 1.82 bits per heavy atom. The second kappa shape index (κ2) is 5.30. The van der Waals surface area contributed by atoms with E-state index < -0.39 is 0 Å². The summed E-state index contributed by atoms with van der Waals surface area (Å²) < 4.78 is 12.7. The second-order valence-corrected chi connectivity index (χ2v) is 5.03. The van der Waals surface area contributed by atoms with Crippen molar-refractivity contribution in [3.05, 3.63) is 35.6 Å². The van der Waals surface area contributed by atoms with Crippen molar-refractivity contribution in [1.29, 1.82) is 0 Å². The van der Waals surface area contributed by atoms with Crippen LogP contribution in [0.5, 0.6) is 0 Å². The summed E-state index contributed by atoms with van der Waals surface area (Å²) in [4.78, 5) is 13.8. The lowest BCUT2D eigenvalue weighted by Crippen LogP contribution is -2.37. The molecule has 0 aliphatic rings. The van der Waals surface area contributed by atoms with Crippen LogP contribution in [0.15, 0.2) is 24.3 Å². The predicted octanol–water partition coefficient (Wildman–Crippen LogP) is 3.22. The molecule has 94 valence electrons. The van der Waals surface area contributed by atoms with Crippen LogP contribution in [0.25, 0.3) is 0 Å². The molecule has 0 aliphatic heterocycles. The van der Waals surface area contributed by atoms with E-state index in [-0.39, 0.29) is 17.1 Å². The summed E-state index contributed by atoms with van der Waals surface area (Å²) in [6.45, 7) is 6.40. The highest BCUT2D eigenvalue weighted by atomic mass is 19.1. The zero-order valence-corrected chi connectivity index (χ0v) is 11.0. The fraction of sp³-hybridized carbons (Fsp3) is 0.500. The molecule has 0 unspecified atom stereocenters. The Kier molecular flexibility index (Phi) is 4.27. The van der Waals surface area contributed by atoms with Gasteiger partial charge in [0.05, 0.1) is 0 Å². The highest BCUT2D eigenvalue weighted by Gasteiger charge is 2.28. The van der Waals surface area contributed by atoms with Crippen LogP contribution in [0.3, 0.4) is 0 Å². The number of amides is 1. The molecule has 0 radical (unpaired) electrons. The van der Waals surface area contributed by atoms with Crippen molar-refractivity contribution >= 4 is 5.91 Å². The van der Waals surface area contributed by atoms with E-state index in [1.807, 2.05) is 20.8 Å². The van der Waals surface area contributed by atoms with Crippen LogP contribution in [0.4, 0.5) is 4.39 Å². The molecule has 0 atom stereocenters. The molecule has 0 aromatic heterocycles. The SMILES string of the molecule is CCC(C)(C)C(=O)N(C)Cc1ccc(F)cc1. The number of hydrogen-bond acceptors (Lipinski definition) is 1. The quantitative estimate of drug-likeness (QED) is 0.787. The Morgan fingerprint density at radius 3 is 2.29 bits per heavy atom. The zero-order chi connectivity index (χ0) is 13.1. The smallest absolute Gasteiger partial charge is 0.228 e. The summed E-state index contributed by atoms with van der Waals surface area (Å²) in [5, 5.41) is 0. The molecule has 0 heterocycles. The minimum Gasteiger partial charge on any atom is -0.341 e. The van der Waals surface area contributed by atoms with E-state index >= 15 is 0 Å². The first-order valence-corrected chi connectivity index (χ1v) is 5.87. The zero-order valence-electron chi connectivity index (χ0n) is 11.0. The van der Waals surface area contributed by atoms with Gasteiger partial charge in [0.15, 0.2) is 0 Å². The molecule has 2 nitrogen and oxygen atoms in total. The summed E-state index contributed by atoms with van der Waals surface area (Å²) in [7, 11) is 1.78. The first-order valence-electron chi connectivity index (χ1n) is 5.87. The number of carbonyl (C=O) groups is 1.